The van der Waals surface area contributed by atoms with Crippen molar-refractivity contribution in [3.05, 3.63) is 12.7 Å². The predicted molar refractivity (Wildman–Crippen MR) is 72.1 cm³/mol. The van der Waals surface area contributed by atoms with Crippen LogP contribution >= 0.6 is 0 Å². The van der Waals surface area contributed by atoms with E-state index in [9.17, 15) is 14.4 Å². The summed E-state index contributed by atoms with van der Waals surface area (Å²) < 4.78 is 30.9. The Bertz CT molecular complexity index is 489. The van der Waals surface area contributed by atoms with Crippen LogP contribution in [0.15, 0.2) is 12.7 Å². The lowest BCUT2D eigenvalue weighted by Gasteiger charge is -2.21. The van der Waals surface area contributed by atoms with Crippen LogP contribution in [0.5, 0.6) is 0 Å². The maximum atomic E-state index is 11.5. The Morgan fingerprint density at radius 2 is 1.83 bits per heavy atom. The summed E-state index contributed by atoms with van der Waals surface area (Å²) in [7, 11) is 0. The Labute approximate surface area is 132 Å². The average molecular weight is 330 g/mol. The van der Waals surface area contributed by atoms with E-state index < -0.39 is 48.8 Å². The van der Waals surface area contributed by atoms with Crippen LogP contribution in [-0.2, 0) is 38.0 Å². The highest BCUT2D eigenvalue weighted by Gasteiger charge is 2.57. The van der Waals surface area contributed by atoms with Crippen molar-refractivity contribution in [2.45, 2.75) is 44.6 Å². The zero-order valence-electron chi connectivity index (χ0n) is 12.8. The molecule has 0 saturated carbocycles. The van der Waals surface area contributed by atoms with Gasteiger partial charge in [-0.25, -0.2) is 4.79 Å². The smallest absolute Gasteiger partial charge is 0.453 e. The third-order valence-electron chi connectivity index (χ3n) is 3.18. The number of fused-ring (bicyclic) bond motifs is 1. The van der Waals surface area contributed by atoms with Crippen molar-refractivity contribution in [2.75, 3.05) is 13.2 Å². The number of carbonyl (C=O) groups excluding carboxylic acids is 3. The third-order valence-corrected chi connectivity index (χ3v) is 3.18. The van der Waals surface area contributed by atoms with E-state index in [4.69, 9.17) is 28.4 Å². The molecule has 2 saturated heterocycles. The third kappa shape index (κ3) is 4.20. The van der Waals surface area contributed by atoms with Gasteiger partial charge in [0.1, 0.15) is 18.8 Å². The van der Waals surface area contributed by atoms with Gasteiger partial charge in [-0.05, 0) is 0 Å². The Kier molecular flexibility index (Phi) is 5.56. The summed E-state index contributed by atoms with van der Waals surface area (Å²) >= 11 is 0. The minimum Gasteiger partial charge on any atom is -0.453 e. The minimum absolute atomic E-state index is 0.00745. The molecule has 2 unspecified atom stereocenters. The van der Waals surface area contributed by atoms with Gasteiger partial charge in [0.2, 0.25) is 6.29 Å². The first-order chi connectivity index (χ1) is 10.9. The van der Waals surface area contributed by atoms with Crippen molar-refractivity contribution in [3.63, 3.8) is 0 Å². The molecular formula is C14H18O9. The van der Waals surface area contributed by atoms with Gasteiger partial charge in [-0.2, -0.15) is 0 Å². The summed E-state index contributed by atoms with van der Waals surface area (Å²) in [4.78, 5) is 33.8. The molecule has 9 nitrogen and oxygen atoms in total. The molecule has 0 aromatic carbocycles. The van der Waals surface area contributed by atoms with Crippen LogP contribution in [-0.4, -0.2) is 62.0 Å². The molecule has 0 bridgehead atoms. The van der Waals surface area contributed by atoms with Crippen LogP contribution in [0.3, 0.4) is 0 Å². The van der Waals surface area contributed by atoms with Crippen LogP contribution in [0.1, 0.15) is 13.8 Å². The fourth-order valence-corrected chi connectivity index (χ4v) is 2.40. The Balaban J connectivity index is 2.02. The predicted octanol–water partition coefficient (Wildman–Crippen LogP) is 0.313. The van der Waals surface area contributed by atoms with Crippen LogP contribution < -0.4 is 0 Å². The number of esters is 2. The van der Waals surface area contributed by atoms with E-state index in [1.165, 1.54) is 19.9 Å². The van der Waals surface area contributed by atoms with Crippen molar-refractivity contribution in [1.29, 1.82) is 0 Å². The lowest BCUT2D eigenvalue weighted by Crippen LogP contribution is -2.38. The second kappa shape index (κ2) is 7.42. The Hall–Kier alpha value is -2.13. The highest BCUT2D eigenvalue weighted by Crippen LogP contribution is 2.35. The number of hydrogen-bond donors (Lipinski definition) is 0. The largest absolute Gasteiger partial charge is 0.509 e. The fraction of sp³-hybridized carbons (Fsp3) is 0.643. The summed E-state index contributed by atoms with van der Waals surface area (Å²) in [5, 5.41) is 0. The van der Waals surface area contributed by atoms with E-state index in [2.05, 4.69) is 6.58 Å². The quantitative estimate of drug-likeness (QED) is 0.400. The van der Waals surface area contributed by atoms with Gasteiger partial charge in [0.05, 0.1) is 6.61 Å². The number of hydrogen-bond acceptors (Lipinski definition) is 9. The maximum absolute atomic E-state index is 11.5. The molecule has 2 heterocycles. The first-order valence-corrected chi connectivity index (χ1v) is 6.98. The van der Waals surface area contributed by atoms with Crippen LogP contribution in [0.25, 0.3) is 0 Å². The topological polar surface area (TPSA) is 107 Å². The van der Waals surface area contributed by atoms with Gasteiger partial charge in [0.25, 0.3) is 0 Å². The average Bonchev–Trinajstić information content (AvgIpc) is 2.98. The molecule has 0 N–H and O–H groups in total. The lowest BCUT2D eigenvalue weighted by molar-refractivity contribution is -0.202. The van der Waals surface area contributed by atoms with Crippen molar-refractivity contribution in [1.82, 2.24) is 0 Å². The normalized spacial score (nSPS) is 31.8. The molecule has 2 aliphatic rings. The SMILES string of the molecule is C=CCOC(=O)O[C@@H]1CO[C@H]2C1OC(OC(C)=O)[C@@H]2OC(C)=O. The number of rotatable bonds is 5. The van der Waals surface area contributed by atoms with Crippen LogP contribution in [0.4, 0.5) is 4.79 Å². The van der Waals surface area contributed by atoms with Crippen molar-refractivity contribution in [2.24, 2.45) is 0 Å². The standard InChI is InChI=1S/C14H18O9/c1-4-5-18-14(17)22-9-6-19-11-10(9)23-13(21-8(3)16)12(11)20-7(2)15/h4,9-13H,1,5-6H2,2-3H3/t9-,10?,11+,12-,13?/m1/s1. The monoisotopic (exact) mass is 330 g/mol. The van der Waals surface area contributed by atoms with E-state index in [1.807, 2.05) is 0 Å². The molecule has 9 heteroatoms. The van der Waals surface area contributed by atoms with Crippen LogP contribution in [0, 0.1) is 0 Å². The summed E-state index contributed by atoms with van der Waals surface area (Å²) in [5.74, 6) is -1.18. The zero-order chi connectivity index (χ0) is 17.0. The van der Waals surface area contributed by atoms with Gasteiger partial charge in [-0.1, -0.05) is 12.7 Å². The summed E-state index contributed by atoms with van der Waals surface area (Å²) in [5.41, 5.74) is 0. The van der Waals surface area contributed by atoms with E-state index in [-0.39, 0.29) is 13.2 Å². The summed E-state index contributed by atoms with van der Waals surface area (Å²) in [6.45, 7) is 5.88. The summed E-state index contributed by atoms with van der Waals surface area (Å²) in [6.07, 6.45) is -3.77. The molecule has 0 aliphatic carbocycles. The molecule has 23 heavy (non-hydrogen) atoms. The van der Waals surface area contributed by atoms with Crippen molar-refractivity contribution >= 4 is 18.1 Å². The molecule has 2 aliphatic heterocycles. The van der Waals surface area contributed by atoms with E-state index in [1.54, 1.807) is 0 Å². The molecule has 0 aromatic heterocycles. The van der Waals surface area contributed by atoms with E-state index >= 15 is 0 Å². The second-order valence-electron chi connectivity index (χ2n) is 4.96. The molecule has 0 spiro atoms. The molecule has 5 atom stereocenters. The Morgan fingerprint density at radius 3 is 2.43 bits per heavy atom. The number of ether oxygens (including phenoxy) is 6. The number of carbonyl (C=O) groups is 3. The Morgan fingerprint density at radius 1 is 1.13 bits per heavy atom. The first kappa shape index (κ1) is 17.2. The highest BCUT2D eigenvalue weighted by molar-refractivity contribution is 5.67. The van der Waals surface area contributed by atoms with E-state index in [0.717, 1.165) is 0 Å². The van der Waals surface area contributed by atoms with Gasteiger partial charge in [0.15, 0.2) is 12.2 Å². The molecular weight excluding hydrogens is 312 g/mol. The molecule has 0 radical (unpaired) electrons. The van der Waals surface area contributed by atoms with Crippen molar-refractivity contribution < 1.29 is 42.8 Å². The minimum atomic E-state index is -1.12. The zero-order valence-corrected chi connectivity index (χ0v) is 12.8. The fourth-order valence-electron chi connectivity index (χ4n) is 2.40. The van der Waals surface area contributed by atoms with Gasteiger partial charge in [0, 0.05) is 13.8 Å². The molecule has 128 valence electrons. The molecule has 0 aromatic rings. The molecule has 2 fully saturated rings. The maximum Gasteiger partial charge on any atom is 0.509 e. The van der Waals surface area contributed by atoms with Gasteiger partial charge in [-0.15, -0.1) is 0 Å². The van der Waals surface area contributed by atoms with Crippen LogP contribution in [0.2, 0.25) is 0 Å². The van der Waals surface area contributed by atoms with Crippen molar-refractivity contribution in [3.8, 4) is 0 Å². The molecule has 0 amide bonds. The highest BCUT2D eigenvalue weighted by atomic mass is 16.8. The first-order valence-electron chi connectivity index (χ1n) is 6.98. The molecule has 2 rings (SSSR count). The second-order valence-corrected chi connectivity index (χ2v) is 4.96. The van der Waals surface area contributed by atoms with Gasteiger partial charge < -0.3 is 28.4 Å². The van der Waals surface area contributed by atoms with Gasteiger partial charge >= 0.3 is 18.1 Å². The lowest BCUT2D eigenvalue weighted by atomic mass is 10.1. The van der Waals surface area contributed by atoms with E-state index in [0.29, 0.717) is 0 Å². The summed E-state index contributed by atoms with van der Waals surface area (Å²) in [6, 6.07) is 0. The van der Waals surface area contributed by atoms with Gasteiger partial charge in [-0.3, -0.25) is 9.59 Å².